The summed E-state index contributed by atoms with van der Waals surface area (Å²) in [4.78, 5) is 30.5. The number of rotatable bonds is 5. The lowest BCUT2D eigenvalue weighted by Gasteiger charge is -2.29. The number of aryl methyl sites for hydroxylation is 2. The minimum absolute atomic E-state index is 0.0158. The van der Waals surface area contributed by atoms with Gasteiger partial charge in [-0.05, 0) is 56.3 Å². The molecule has 0 aromatic carbocycles. The molecule has 28 heavy (non-hydrogen) atoms. The third-order valence-corrected chi connectivity index (χ3v) is 6.23. The van der Waals surface area contributed by atoms with Crippen LogP contribution in [0.1, 0.15) is 29.8 Å². The summed E-state index contributed by atoms with van der Waals surface area (Å²) in [5.41, 5.74) is 8.54. The number of amides is 1. The van der Waals surface area contributed by atoms with Crippen LogP contribution >= 0.6 is 11.9 Å². The molecule has 148 valence electrons. The van der Waals surface area contributed by atoms with Crippen molar-refractivity contribution in [1.82, 2.24) is 19.2 Å². The molecule has 0 unspecified atom stereocenters. The van der Waals surface area contributed by atoms with Gasteiger partial charge in [-0.2, -0.15) is 0 Å². The first-order valence-corrected chi connectivity index (χ1v) is 10.1. The van der Waals surface area contributed by atoms with Gasteiger partial charge in [0, 0.05) is 24.0 Å². The molecular formula is C19H24N6O2S. The maximum Gasteiger partial charge on any atom is 0.275 e. The Labute approximate surface area is 167 Å². The molecule has 0 radical (unpaired) electrons. The topological polar surface area (TPSA) is 105 Å². The third-order valence-electron chi connectivity index (χ3n) is 5.05. The highest BCUT2D eigenvalue weighted by atomic mass is 32.2. The first-order valence-electron chi connectivity index (χ1n) is 9.34. The molecule has 0 atom stereocenters. The van der Waals surface area contributed by atoms with E-state index in [9.17, 15) is 9.59 Å². The van der Waals surface area contributed by atoms with Gasteiger partial charge >= 0.3 is 0 Å². The molecule has 4 rings (SSSR count). The number of nitrogens with one attached hydrogen (secondary N) is 2. The molecule has 1 amide bonds. The van der Waals surface area contributed by atoms with Crippen molar-refractivity contribution in [2.75, 3.05) is 17.7 Å². The molecule has 1 aliphatic heterocycles. The number of carbonyl (C=O) groups is 1. The van der Waals surface area contributed by atoms with E-state index in [-0.39, 0.29) is 18.0 Å². The van der Waals surface area contributed by atoms with Crippen LogP contribution in [0.25, 0.3) is 0 Å². The van der Waals surface area contributed by atoms with E-state index in [1.807, 2.05) is 26.0 Å². The molecule has 4 N–H and O–H groups in total. The third kappa shape index (κ3) is 3.85. The van der Waals surface area contributed by atoms with Crippen LogP contribution in [-0.4, -0.2) is 32.5 Å². The van der Waals surface area contributed by atoms with Gasteiger partial charge in [0.05, 0.1) is 11.6 Å². The fourth-order valence-corrected chi connectivity index (χ4v) is 4.46. The maximum absolute atomic E-state index is 12.9. The van der Waals surface area contributed by atoms with Crippen LogP contribution in [0.3, 0.4) is 0 Å². The number of fused-ring (bicyclic) bond motifs is 1. The Morgan fingerprint density at radius 3 is 2.89 bits per heavy atom. The molecule has 1 saturated carbocycles. The summed E-state index contributed by atoms with van der Waals surface area (Å²) in [7, 11) is 0. The van der Waals surface area contributed by atoms with Crippen molar-refractivity contribution in [3.63, 3.8) is 0 Å². The number of anilines is 2. The highest BCUT2D eigenvalue weighted by Crippen LogP contribution is 2.40. The standard InChI is InChI=1S/C19H24N6O2S/c1-11-7-15-18(22-10-25(28-15)14-4-5-14)19(27)24(11)9-17(26)21-8-13-3-6-16(20)23-12(13)2/h3,6-7,14,22H,4-5,8-10H2,1-2H3,(H2,20,23)(H,21,26). The first kappa shape index (κ1) is 18.8. The van der Waals surface area contributed by atoms with E-state index < -0.39 is 0 Å². The molecule has 2 aromatic heterocycles. The Kier molecular flexibility index (Phi) is 5.03. The van der Waals surface area contributed by atoms with Gasteiger partial charge in [-0.25, -0.2) is 9.29 Å². The molecule has 2 aromatic rings. The second-order valence-corrected chi connectivity index (χ2v) is 8.34. The van der Waals surface area contributed by atoms with Crippen molar-refractivity contribution in [2.45, 2.75) is 50.7 Å². The second-order valence-electron chi connectivity index (χ2n) is 7.25. The zero-order chi connectivity index (χ0) is 19.8. The summed E-state index contributed by atoms with van der Waals surface area (Å²) < 4.78 is 3.80. The lowest BCUT2D eigenvalue weighted by Crippen LogP contribution is -2.37. The Hall–Kier alpha value is -2.52. The number of hydrogen-bond acceptors (Lipinski definition) is 7. The van der Waals surface area contributed by atoms with Crippen molar-refractivity contribution in [1.29, 1.82) is 0 Å². The number of nitrogen functional groups attached to an aromatic ring is 1. The number of aromatic nitrogens is 2. The summed E-state index contributed by atoms with van der Waals surface area (Å²) in [5.74, 6) is 0.235. The summed E-state index contributed by atoms with van der Waals surface area (Å²) in [5, 5.41) is 6.09. The predicted octanol–water partition coefficient (Wildman–Crippen LogP) is 1.61. The zero-order valence-corrected chi connectivity index (χ0v) is 16.8. The molecule has 9 heteroatoms. The minimum Gasteiger partial charge on any atom is -0.384 e. The number of nitrogens with two attached hydrogens (primary N) is 1. The van der Waals surface area contributed by atoms with Crippen LogP contribution < -0.4 is 21.9 Å². The second kappa shape index (κ2) is 7.48. The fourth-order valence-electron chi connectivity index (χ4n) is 3.24. The summed E-state index contributed by atoms with van der Waals surface area (Å²) in [6.07, 6.45) is 2.42. The van der Waals surface area contributed by atoms with Crippen LogP contribution in [0.4, 0.5) is 11.5 Å². The van der Waals surface area contributed by atoms with E-state index in [1.54, 1.807) is 18.0 Å². The molecule has 0 spiro atoms. The van der Waals surface area contributed by atoms with E-state index in [1.165, 1.54) is 17.4 Å². The van der Waals surface area contributed by atoms with Gasteiger partial charge < -0.3 is 20.9 Å². The van der Waals surface area contributed by atoms with E-state index >= 15 is 0 Å². The SMILES string of the molecule is Cc1nc(N)ccc1CNC(=O)Cn1c(C)cc2c(c1=O)NCN(C1CC1)S2. The van der Waals surface area contributed by atoms with E-state index in [0.29, 0.717) is 30.8 Å². The average molecular weight is 401 g/mol. The molecule has 1 aliphatic carbocycles. The van der Waals surface area contributed by atoms with E-state index in [4.69, 9.17) is 5.73 Å². The smallest absolute Gasteiger partial charge is 0.275 e. The Morgan fingerprint density at radius 1 is 1.39 bits per heavy atom. The highest BCUT2D eigenvalue weighted by Gasteiger charge is 2.33. The first-order chi connectivity index (χ1) is 13.4. The van der Waals surface area contributed by atoms with Crippen molar-refractivity contribution in [2.24, 2.45) is 0 Å². The number of hydrogen-bond donors (Lipinski definition) is 3. The average Bonchev–Trinajstić information content (AvgIpc) is 3.49. The van der Waals surface area contributed by atoms with Crippen molar-refractivity contribution in [3.8, 4) is 0 Å². The zero-order valence-electron chi connectivity index (χ0n) is 16.0. The van der Waals surface area contributed by atoms with Crippen LogP contribution in [0.2, 0.25) is 0 Å². The Bertz CT molecular complexity index is 985. The van der Waals surface area contributed by atoms with Crippen molar-refractivity contribution >= 4 is 29.4 Å². The Morgan fingerprint density at radius 2 is 2.18 bits per heavy atom. The van der Waals surface area contributed by atoms with Crippen LogP contribution in [0.15, 0.2) is 27.9 Å². The van der Waals surface area contributed by atoms with E-state index in [0.717, 1.165) is 21.8 Å². The van der Waals surface area contributed by atoms with Gasteiger partial charge in [0.2, 0.25) is 5.91 Å². The largest absolute Gasteiger partial charge is 0.384 e. The lowest BCUT2D eigenvalue weighted by atomic mass is 10.2. The Balaban J connectivity index is 1.45. The van der Waals surface area contributed by atoms with Gasteiger partial charge in [-0.1, -0.05) is 6.07 Å². The van der Waals surface area contributed by atoms with Crippen molar-refractivity contribution in [3.05, 3.63) is 45.5 Å². The molecule has 8 nitrogen and oxygen atoms in total. The van der Waals surface area contributed by atoms with Crippen LogP contribution in [0.5, 0.6) is 0 Å². The molecule has 2 aliphatic rings. The number of nitrogens with zero attached hydrogens (tertiary/aromatic N) is 3. The highest BCUT2D eigenvalue weighted by molar-refractivity contribution is 7.97. The van der Waals surface area contributed by atoms with Gasteiger partial charge in [-0.3, -0.25) is 9.59 Å². The van der Waals surface area contributed by atoms with Crippen molar-refractivity contribution < 1.29 is 4.79 Å². The maximum atomic E-state index is 12.9. The van der Waals surface area contributed by atoms with E-state index in [2.05, 4.69) is 19.9 Å². The van der Waals surface area contributed by atoms with Gasteiger partial charge in [-0.15, -0.1) is 0 Å². The van der Waals surface area contributed by atoms with Gasteiger partial charge in [0.1, 0.15) is 18.1 Å². The molecule has 3 heterocycles. The summed E-state index contributed by atoms with van der Waals surface area (Å²) >= 11 is 1.63. The predicted molar refractivity (Wildman–Crippen MR) is 110 cm³/mol. The number of carbonyl (C=O) groups excluding carboxylic acids is 1. The molecule has 1 fully saturated rings. The minimum atomic E-state index is -0.218. The lowest BCUT2D eigenvalue weighted by molar-refractivity contribution is -0.121. The van der Waals surface area contributed by atoms with Crippen LogP contribution in [0, 0.1) is 13.8 Å². The monoisotopic (exact) mass is 400 g/mol. The van der Waals surface area contributed by atoms with Gasteiger partial charge in [0.15, 0.2) is 0 Å². The molecule has 0 bridgehead atoms. The number of pyridine rings is 2. The summed E-state index contributed by atoms with van der Waals surface area (Å²) in [6, 6.07) is 6.14. The van der Waals surface area contributed by atoms with Gasteiger partial charge in [0.25, 0.3) is 5.56 Å². The van der Waals surface area contributed by atoms with Crippen LogP contribution in [-0.2, 0) is 17.9 Å². The molecular weight excluding hydrogens is 376 g/mol. The fraction of sp³-hybridized carbons (Fsp3) is 0.421. The molecule has 0 saturated heterocycles. The summed E-state index contributed by atoms with van der Waals surface area (Å²) in [6.45, 7) is 4.69. The quantitative estimate of drug-likeness (QED) is 0.655. The normalized spacial score (nSPS) is 16.4.